The first kappa shape index (κ1) is 22.5. The monoisotopic (exact) mass is 448 g/mol. The number of hydrogen-bond donors (Lipinski definition) is 3. The van der Waals surface area contributed by atoms with Crippen molar-refractivity contribution in [1.29, 1.82) is 0 Å². The van der Waals surface area contributed by atoms with Gasteiger partial charge in [-0.3, -0.25) is 24.6 Å². The molecule has 4 aromatic rings. The molecule has 0 unspecified atom stereocenters. The van der Waals surface area contributed by atoms with Crippen molar-refractivity contribution in [1.82, 2.24) is 24.3 Å². The topological polar surface area (TPSA) is 118 Å². The van der Waals surface area contributed by atoms with Gasteiger partial charge in [0.25, 0.3) is 11.5 Å². The van der Waals surface area contributed by atoms with Gasteiger partial charge in [0.05, 0.1) is 22.3 Å². The van der Waals surface area contributed by atoms with E-state index in [1.165, 1.54) is 4.68 Å². The first-order chi connectivity index (χ1) is 16.0. The third kappa shape index (κ3) is 4.88. The van der Waals surface area contributed by atoms with E-state index in [0.29, 0.717) is 35.0 Å². The number of aromatic nitrogens is 5. The number of rotatable bonds is 9. The van der Waals surface area contributed by atoms with Crippen LogP contribution in [0.1, 0.15) is 41.7 Å². The second-order valence-electron chi connectivity index (χ2n) is 8.10. The van der Waals surface area contributed by atoms with Gasteiger partial charge in [-0.25, -0.2) is 4.98 Å². The number of aromatic amines is 1. The summed E-state index contributed by atoms with van der Waals surface area (Å²) in [6.07, 6.45) is 5.24. The van der Waals surface area contributed by atoms with Gasteiger partial charge >= 0.3 is 0 Å². The van der Waals surface area contributed by atoms with Crippen LogP contribution in [0.15, 0.2) is 47.4 Å². The number of hydrogen-bond acceptors (Lipinski definition) is 5. The van der Waals surface area contributed by atoms with E-state index in [4.69, 9.17) is 5.11 Å². The van der Waals surface area contributed by atoms with Gasteiger partial charge in [-0.2, -0.15) is 0 Å². The molecule has 172 valence electrons. The molecule has 1 amide bonds. The highest BCUT2D eigenvalue weighted by Crippen LogP contribution is 2.22. The van der Waals surface area contributed by atoms with E-state index in [9.17, 15) is 9.59 Å². The maximum Gasteiger partial charge on any atom is 0.275 e. The number of nitrogens with zero attached hydrogens (tertiary/aromatic N) is 4. The molecule has 0 saturated carbocycles. The number of nitrogens with one attached hydrogen (secondary N) is 2. The fourth-order valence-electron chi connectivity index (χ4n) is 3.89. The van der Waals surface area contributed by atoms with E-state index in [1.54, 1.807) is 32.3 Å². The third-order valence-corrected chi connectivity index (χ3v) is 5.60. The minimum atomic E-state index is -0.314. The Morgan fingerprint density at radius 1 is 1.12 bits per heavy atom. The number of carbonyl (C=O) groups excluding carboxylic acids is 1. The molecule has 33 heavy (non-hydrogen) atoms. The number of aryl methyl sites for hydroxylation is 3. The van der Waals surface area contributed by atoms with E-state index in [0.717, 1.165) is 36.7 Å². The predicted molar refractivity (Wildman–Crippen MR) is 127 cm³/mol. The number of benzene rings is 1. The Bertz CT molecular complexity index is 1330. The molecule has 0 fully saturated rings. The van der Waals surface area contributed by atoms with Crippen molar-refractivity contribution in [3.05, 3.63) is 64.2 Å². The molecule has 0 bridgehead atoms. The summed E-state index contributed by atoms with van der Waals surface area (Å²) in [4.78, 5) is 34.6. The van der Waals surface area contributed by atoms with Crippen LogP contribution in [0.4, 0.5) is 5.95 Å². The van der Waals surface area contributed by atoms with Crippen LogP contribution in [0.25, 0.3) is 22.3 Å². The molecule has 0 radical (unpaired) electrons. The van der Waals surface area contributed by atoms with Crippen LogP contribution in [0, 0.1) is 6.92 Å². The van der Waals surface area contributed by atoms with Crippen LogP contribution in [0.5, 0.6) is 0 Å². The lowest BCUT2D eigenvalue weighted by molar-refractivity contribution is 0.102. The maximum absolute atomic E-state index is 13.2. The molecule has 0 aliphatic carbocycles. The number of carbonyl (C=O) groups is 1. The average Bonchev–Trinajstić information content (AvgIpc) is 3.32. The molecule has 0 saturated heterocycles. The quantitative estimate of drug-likeness (QED) is 0.340. The van der Waals surface area contributed by atoms with E-state index >= 15 is 0 Å². The van der Waals surface area contributed by atoms with Crippen molar-refractivity contribution in [3.63, 3.8) is 0 Å². The Balaban J connectivity index is 1.61. The van der Waals surface area contributed by atoms with E-state index < -0.39 is 0 Å². The second-order valence-corrected chi connectivity index (χ2v) is 8.10. The Morgan fingerprint density at radius 2 is 1.91 bits per heavy atom. The van der Waals surface area contributed by atoms with Crippen molar-refractivity contribution >= 4 is 22.9 Å². The highest BCUT2D eigenvalue weighted by atomic mass is 16.3. The number of aliphatic hydroxyl groups excluding tert-OH is 1. The Kier molecular flexibility index (Phi) is 6.69. The number of aliphatic hydroxyl groups is 1. The highest BCUT2D eigenvalue weighted by molar-refractivity contribution is 6.04. The first-order valence-electron chi connectivity index (χ1n) is 11.1. The normalized spacial score (nSPS) is 11.2. The van der Waals surface area contributed by atoms with Gasteiger partial charge in [0.15, 0.2) is 0 Å². The summed E-state index contributed by atoms with van der Waals surface area (Å²) in [5, 5.41) is 14.8. The first-order valence-corrected chi connectivity index (χ1v) is 11.1. The molecule has 3 N–H and O–H groups in total. The number of pyridine rings is 1. The molecule has 3 heterocycles. The van der Waals surface area contributed by atoms with Gasteiger partial charge in [-0.05, 0) is 44.0 Å². The molecule has 3 aromatic heterocycles. The van der Waals surface area contributed by atoms with Crippen molar-refractivity contribution in [3.8, 4) is 11.3 Å². The van der Waals surface area contributed by atoms with Crippen LogP contribution in [-0.2, 0) is 13.6 Å². The van der Waals surface area contributed by atoms with E-state index in [-0.39, 0.29) is 18.1 Å². The minimum Gasteiger partial charge on any atom is -0.396 e. The minimum absolute atomic E-state index is 0.206. The molecule has 9 heteroatoms. The summed E-state index contributed by atoms with van der Waals surface area (Å²) >= 11 is 0. The summed E-state index contributed by atoms with van der Waals surface area (Å²) in [6, 6.07) is 11.1. The lowest BCUT2D eigenvalue weighted by atomic mass is 10.1. The molecular weight excluding hydrogens is 420 g/mol. The molecular formula is C24H28N6O3. The molecule has 0 spiro atoms. The number of unbranched alkanes of at least 4 members (excludes halogenated alkanes) is 3. The molecule has 0 atom stereocenters. The third-order valence-electron chi connectivity index (χ3n) is 5.60. The van der Waals surface area contributed by atoms with Gasteiger partial charge in [0, 0.05) is 37.7 Å². The number of H-pyrrole nitrogens is 1. The summed E-state index contributed by atoms with van der Waals surface area (Å²) in [6.45, 7) is 2.71. The number of fused-ring (bicyclic) bond motifs is 1. The van der Waals surface area contributed by atoms with Crippen LogP contribution in [0.2, 0.25) is 0 Å². The molecule has 0 aliphatic rings. The zero-order valence-electron chi connectivity index (χ0n) is 18.8. The average molecular weight is 449 g/mol. The summed E-state index contributed by atoms with van der Waals surface area (Å²) in [5.74, 6) is 0.169. The van der Waals surface area contributed by atoms with Crippen molar-refractivity contribution in [2.24, 2.45) is 7.05 Å². The second kappa shape index (κ2) is 9.83. The van der Waals surface area contributed by atoms with Gasteiger partial charge in [0.2, 0.25) is 5.95 Å². The standard InChI is InChI=1S/C24H28N6O3/c1-16-13-17(14-20(26-16)18-15-25-29(2)23(18)33)22(32)28-24-27-19-9-5-6-10-21(19)30(24)11-7-3-4-8-12-31/h5-6,9-10,13-15,25,31H,3-4,7-8,11-12H2,1-2H3,(H,27,28,32). The highest BCUT2D eigenvalue weighted by Gasteiger charge is 2.17. The fourth-order valence-corrected chi connectivity index (χ4v) is 3.89. The van der Waals surface area contributed by atoms with Gasteiger partial charge in [-0.15, -0.1) is 0 Å². The van der Waals surface area contributed by atoms with Gasteiger partial charge in [-0.1, -0.05) is 25.0 Å². The number of amides is 1. The molecule has 4 rings (SSSR count). The largest absolute Gasteiger partial charge is 0.396 e. The maximum atomic E-state index is 13.2. The lowest BCUT2D eigenvalue weighted by Crippen LogP contribution is -2.17. The van der Waals surface area contributed by atoms with Gasteiger partial charge in [0.1, 0.15) is 0 Å². The Morgan fingerprint density at radius 3 is 2.67 bits per heavy atom. The summed E-state index contributed by atoms with van der Waals surface area (Å²) < 4.78 is 3.38. The van der Waals surface area contributed by atoms with E-state index in [1.807, 2.05) is 28.8 Å². The Hall–Kier alpha value is -3.72. The van der Waals surface area contributed by atoms with Crippen LogP contribution < -0.4 is 10.9 Å². The number of para-hydroxylation sites is 2. The summed E-state index contributed by atoms with van der Waals surface area (Å²) in [7, 11) is 1.63. The molecule has 1 aromatic carbocycles. The van der Waals surface area contributed by atoms with Crippen molar-refractivity contribution in [2.75, 3.05) is 11.9 Å². The van der Waals surface area contributed by atoms with Crippen LogP contribution >= 0.6 is 0 Å². The zero-order chi connectivity index (χ0) is 23.4. The van der Waals surface area contributed by atoms with Crippen LogP contribution in [-0.4, -0.2) is 41.9 Å². The number of anilines is 1. The van der Waals surface area contributed by atoms with Crippen molar-refractivity contribution in [2.45, 2.75) is 39.2 Å². The SMILES string of the molecule is Cc1cc(C(=O)Nc2nc3ccccc3n2CCCCCCO)cc(-c2c[nH]n(C)c2=O)n1. The van der Waals surface area contributed by atoms with Crippen LogP contribution in [0.3, 0.4) is 0 Å². The Labute approximate surface area is 191 Å². The smallest absolute Gasteiger partial charge is 0.275 e. The predicted octanol–water partition coefficient (Wildman–Crippen LogP) is 3.24. The summed E-state index contributed by atoms with van der Waals surface area (Å²) in [5.41, 5.74) is 3.45. The molecule has 9 nitrogen and oxygen atoms in total. The fraction of sp³-hybridized carbons (Fsp3) is 0.333. The van der Waals surface area contributed by atoms with Gasteiger partial charge < -0.3 is 14.8 Å². The lowest BCUT2D eigenvalue weighted by Gasteiger charge is -2.11. The van der Waals surface area contributed by atoms with Crippen molar-refractivity contribution < 1.29 is 9.90 Å². The number of imidazole rings is 1. The zero-order valence-corrected chi connectivity index (χ0v) is 18.8. The van der Waals surface area contributed by atoms with E-state index in [2.05, 4.69) is 20.4 Å². The molecule has 0 aliphatic heterocycles.